The van der Waals surface area contributed by atoms with E-state index in [0.717, 1.165) is 37.4 Å². The standard InChI is InChI=1S/C20H26N6O3/c1-15(19(27)22-5-2-7-24-8-6-21-14-24)26-13-16-3-4-17(23-18(16)20(26)28)25-9-11-29-12-10-25/h3-4,6,8,14-15H,2,5,7,9-13H2,1H3,(H,22,27)/t15-/m1/s1. The number of nitrogens with zero attached hydrogens (tertiary/aromatic N) is 5. The Morgan fingerprint density at radius 3 is 2.90 bits per heavy atom. The molecule has 2 aliphatic heterocycles. The van der Waals surface area contributed by atoms with Crippen molar-refractivity contribution < 1.29 is 14.3 Å². The molecule has 2 aromatic heterocycles. The lowest BCUT2D eigenvalue weighted by Crippen LogP contribution is -2.45. The number of carbonyl (C=O) groups excluding carboxylic acids is 2. The zero-order chi connectivity index (χ0) is 20.2. The van der Waals surface area contributed by atoms with Gasteiger partial charge in [0.15, 0.2) is 0 Å². The highest BCUT2D eigenvalue weighted by atomic mass is 16.5. The van der Waals surface area contributed by atoms with E-state index in [2.05, 4.69) is 20.2 Å². The normalized spacial score (nSPS) is 17.3. The SMILES string of the molecule is C[C@H](C(=O)NCCCn1ccnc1)N1Cc2ccc(N3CCOCC3)nc2C1=O. The summed E-state index contributed by atoms with van der Waals surface area (Å²) in [7, 11) is 0. The van der Waals surface area contributed by atoms with Gasteiger partial charge < -0.3 is 24.4 Å². The average Bonchev–Trinajstić information content (AvgIpc) is 3.39. The summed E-state index contributed by atoms with van der Waals surface area (Å²) in [6.07, 6.45) is 6.18. The summed E-state index contributed by atoms with van der Waals surface area (Å²) < 4.78 is 7.34. The molecule has 29 heavy (non-hydrogen) atoms. The molecule has 1 fully saturated rings. The van der Waals surface area contributed by atoms with Crippen LogP contribution in [0, 0.1) is 0 Å². The minimum Gasteiger partial charge on any atom is -0.378 e. The predicted molar refractivity (Wildman–Crippen MR) is 106 cm³/mol. The fourth-order valence-corrected chi connectivity index (χ4v) is 3.64. The van der Waals surface area contributed by atoms with Crippen molar-refractivity contribution >= 4 is 17.6 Å². The quantitative estimate of drug-likeness (QED) is 0.689. The lowest BCUT2D eigenvalue weighted by atomic mass is 10.2. The summed E-state index contributed by atoms with van der Waals surface area (Å²) >= 11 is 0. The van der Waals surface area contributed by atoms with Crippen LogP contribution in [0.2, 0.25) is 0 Å². The molecule has 2 aromatic rings. The van der Waals surface area contributed by atoms with Gasteiger partial charge in [0.2, 0.25) is 5.91 Å². The first kappa shape index (κ1) is 19.4. The van der Waals surface area contributed by atoms with E-state index in [1.54, 1.807) is 24.3 Å². The van der Waals surface area contributed by atoms with Crippen LogP contribution in [-0.2, 0) is 22.6 Å². The minimum atomic E-state index is -0.545. The van der Waals surface area contributed by atoms with Crippen LogP contribution in [0.5, 0.6) is 0 Å². The smallest absolute Gasteiger partial charge is 0.273 e. The summed E-state index contributed by atoms with van der Waals surface area (Å²) in [6.45, 7) is 6.37. The number of ether oxygens (including phenoxy) is 1. The van der Waals surface area contributed by atoms with Gasteiger partial charge in [0.25, 0.3) is 5.91 Å². The Bertz CT molecular complexity index is 863. The number of anilines is 1. The van der Waals surface area contributed by atoms with E-state index in [9.17, 15) is 9.59 Å². The van der Waals surface area contributed by atoms with Crippen LogP contribution >= 0.6 is 0 Å². The highest BCUT2D eigenvalue weighted by Gasteiger charge is 2.35. The van der Waals surface area contributed by atoms with E-state index in [-0.39, 0.29) is 11.8 Å². The number of imidazole rings is 1. The molecule has 9 heteroatoms. The number of hydrogen-bond acceptors (Lipinski definition) is 6. The van der Waals surface area contributed by atoms with Gasteiger partial charge >= 0.3 is 0 Å². The largest absolute Gasteiger partial charge is 0.378 e. The molecule has 0 bridgehead atoms. The van der Waals surface area contributed by atoms with Gasteiger partial charge in [0.1, 0.15) is 17.6 Å². The van der Waals surface area contributed by atoms with E-state index in [0.29, 0.717) is 32.0 Å². The molecule has 9 nitrogen and oxygen atoms in total. The molecule has 0 spiro atoms. The Labute approximate surface area is 169 Å². The summed E-state index contributed by atoms with van der Waals surface area (Å²) in [6, 6.07) is 3.35. The first-order valence-corrected chi connectivity index (χ1v) is 10.0. The third-order valence-corrected chi connectivity index (χ3v) is 5.40. The maximum absolute atomic E-state index is 12.9. The van der Waals surface area contributed by atoms with E-state index in [1.807, 2.05) is 22.9 Å². The Balaban J connectivity index is 1.33. The fraction of sp³-hybridized carbons (Fsp3) is 0.500. The van der Waals surface area contributed by atoms with Crippen LogP contribution in [0.15, 0.2) is 30.9 Å². The predicted octanol–water partition coefficient (Wildman–Crippen LogP) is 0.666. The number of amides is 2. The molecule has 0 aliphatic carbocycles. The molecule has 0 radical (unpaired) electrons. The molecule has 2 aliphatic rings. The van der Waals surface area contributed by atoms with Crippen molar-refractivity contribution in [2.45, 2.75) is 32.5 Å². The minimum absolute atomic E-state index is 0.148. The van der Waals surface area contributed by atoms with Crippen LogP contribution in [0.1, 0.15) is 29.4 Å². The molecular formula is C20H26N6O3. The van der Waals surface area contributed by atoms with Crippen LogP contribution in [0.4, 0.5) is 5.82 Å². The van der Waals surface area contributed by atoms with Crippen LogP contribution in [0.25, 0.3) is 0 Å². The number of carbonyl (C=O) groups is 2. The van der Waals surface area contributed by atoms with Gasteiger partial charge in [0, 0.05) is 50.7 Å². The molecule has 0 unspecified atom stereocenters. The van der Waals surface area contributed by atoms with Crippen molar-refractivity contribution in [2.24, 2.45) is 0 Å². The highest BCUT2D eigenvalue weighted by molar-refractivity contribution is 5.99. The third-order valence-electron chi connectivity index (χ3n) is 5.40. The second kappa shape index (κ2) is 8.60. The van der Waals surface area contributed by atoms with Crippen molar-refractivity contribution in [3.63, 3.8) is 0 Å². The van der Waals surface area contributed by atoms with Crippen molar-refractivity contribution in [3.05, 3.63) is 42.1 Å². The van der Waals surface area contributed by atoms with Crippen molar-refractivity contribution in [3.8, 4) is 0 Å². The summed E-state index contributed by atoms with van der Waals surface area (Å²) in [5, 5.41) is 2.92. The Morgan fingerprint density at radius 2 is 2.14 bits per heavy atom. The molecule has 1 N–H and O–H groups in total. The van der Waals surface area contributed by atoms with Crippen molar-refractivity contribution in [1.29, 1.82) is 0 Å². The van der Waals surface area contributed by atoms with E-state index in [1.165, 1.54) is 0 Å². The van der Waals surface area contributed by atoms with Crippen LogP contribution in [0.3, 0.4) is 0 Å². The first-order chi connectivity index (χ1) is 14.1. The van der Waals surface area contributed by atoms with Crippen LogP contribution < -0.4 is 10.2 Å². The summed E-state index contributed by atoms with van der Waals surface area (Å²) in [4.78, 5) is 37.7. The van der Waals surface area contributed by atoms with E-state index >= 15 is 0 Å². The molecule has 1 saturated heterocycles. The number of pyridine rings is 1. The van der Waals surface area contributed by atoms with E-state index in [4.69, 9.17) is 4.74 Å². The van der Waals surface area contributed by atoms with Gasteiger partial charge in [-0.3, -0.25) is 9.59 Å². The number of morpholine rings is 1. The zero-order valence-corrected chi connectivity index (χ0v) is 16.6. The number of rotatable bonds is 7. The topological polar surface area (TPSA) is 92.6 Å². The lowest BCUT2D eigenvalue weighted by molar-refractivity contribution is -0.125. The lowest BCUT2D eigenvalue weighted by Gasteiger charge is -2.27. The first-order valence-electron chi connectivity index (χ1n) is 10.0. The monoisotopic (exact) mass is 398 g/mol. The molecule has 1 atom stereocenters. The number of aromatic nitrogens is 3. The maximum atomic E-state index is 12.9. The molecule has 2 amide bonds. The second-order valence-corrected chi connectivity index (χ2v) is 7.33. The Morgan fingerprint density at radius 1 is 1.31 bits per heavy atom. The van der Waals surface area contributed by atoms with Crippen molar-refractivity contribution in [2.75, 3.05) is 37.7 Å². The second-order valence-electron chi connectivity index (χ2n) is 7.33. The number of hydrogen-bond donors (Lipinski definition) is 1. The van der Waals surface area contributed by atoms with Crippen LogP contribution in [-0.4, -0.2) is 70.1 Å². The van der Waals surface area contributed by atoms with Gasteiger partial charge in [-0.05, 0) is 19.4 Å². The zero-order valence-electron chi connectivity index (χ0n) is 16.6. The third kappa shape index (κ3) is 4.24. The van der Waals surface area contributed by atoms with Gasteiger partial charge in [-0.1, -0.05) is 6.07 Å². The Kier molecular flexibility index (Phi) is 5.75. The van der Waals surface area contributed by atoms with Gasteiger partial charge in [-0.2, -0.15) is 0 Å². The van der Waals surface area contributed by atoms with Gasteiger partial charge in [0.05, 0.1) is 19.5 Å². The number of nitrogens with one attached hydrogen (secondary N) is 1. The summed E-state index contributed by atoms with van der Waals surface area (Å²) in [5.41, 5.74) is 1.32. The highest BCUT2D eigenvalue weighted by Crippen LogP contribution is 2.26. The molecular weight excluding hydrogens is 372 g/mol. The molecule has 0 aromatic carbocycles. The van der Waals surface area contributed by atoms with Crippen molar-refractivity contribution in [1.82, 2.24) is 24.8 Å². The molecule has 0 saturated carbocycles. The maximum Gasteiger partial charge on any atom is 0.273 e. The molecule has 4 rings (SSSR count). The fourth-order valence-electron chi connectivity index (χ4n) is 3.64. The number of aryl methyl sites for hydroxylation is 1. The Hall–Kier alpha value is -2.94. The number of fused-ring (bicyclic) bond motifs is 1. The summed E-state index contributed by atoms with van der Waals surface area (Å²) in [5.74, 6) is 0.459. The molecule has 4 heterocycles. The van der Waals surface area contributed by atoms with E-state index < -0.39 is 6.04 Å². The van der Waals surface area contributed by atoms with Gasteiger partial charge in [-0.25, -0.2) is 9.97 Å². The molecule has 154 valence electrons. The van der Waals surface area contributed by atoms with Gasteiger partial charge in [-0.15, -0.1) is 0 Å². The average molecular weight is 398 g/mol.